The van der Waals surface area contributed by atoms with Crippen molar-refractivity contribution in [1.82, 2.24) is 10.2 Å². The molecule has 0 aliphatic carbocycles. The van der Waals surface area contributed by atoms with E-state index in [-0.39, 0.29) is 18.8 Å². The predicted octanol–water partition coefficient (Wildman–Crippen LogP) is 1.41. The second kappa shape index (κ2) is 6.89. The zero-order valence-electron chi connectivity index (χ0n) is 11.8. The summed E-state index contributed by atoms with van der Waals surface area (Å²) in [7, 11) is 0. The van der Waals surface area contributed by atoms with Gasteiger partial charge in [0.15, 0.2) is 0 Å². The summed E-state index contributed by atoms with van der Waals surface area (Å²) >= 11 is 0. The van der Waals surface area contributed by atoms with E-state index in [1.165, 1.54) is 0 Å². The summed E-state index contributed by atoms with van der Waals surface area (Å²) < 4.78 is 5.64. The molecule has 1 aliphatic rings. The molecule has 0 unspecified atom stereocenters. The first-order chi connectivity index (χ1) is 9.20. The normalized spacial score (nSPS) is 18.5. The minimum Gasteiger partial charge on any atom is -0.491 e. The van der Waals surface area contributed by atoms with E-state index in [0.717, 1.165) is 37.5 Å². The van der Waals surface area contributed by atoms with Gasteiger partial charge in [0.1, 0.15) is 5.75 Å². The molecule has 0 amide bonds. The van der Waals surface area contributed by atoms with Crippen LogP contribution in [0.5, 0.6) is 5.75 Å². The predicted molar refractivity (Wildman–Crippen MR) is 76.5 cm³/mol. The molecule has 0 radical (unpaired) electrons. The molecule has 106 valence electrons. The molecule has 0 spiro atoms. The van der Waals surface area contributed by atoms with Crippen LogP contribution in [0, 0.1) is 0 Å². The second-order valence-corrected chi connectivity index (χ2v) is 5.22. The fraction of sp³-hybridized carbons (Fsp3) is 0.600. The van der Waals surface area contributed by atoms with E-state index in [0.29, 0.717) is 0 Å². The molecule has 0 saturated carbocycles. The lowest BCUT2D eigenvalue weighted by molar-refractivity contribution is 0.111. The molecular weight excluding hydrogens is 240 g/mol. The molecule has 2 rings (SSSR count). The quantitative estimate of drug-likeness (QED) is 0.844. The summed E-state index contributed by atoms with van der Waals surface area (Å²) in [4.78, 5) is 2.33. The highest BCUT2D eigenvalue weighted by molar-refractivity contribution is 5.29. The van der Waals surface area contributed by atoms with Crippen molar-refractivity contribution < 1.29 is 9.84 Å². The van der Waals surface area contributed by atoms with Crippen LogP contribution >= 0.6 is 0 Å². The summed E-state index contributed by atoms with van der Waals surface area (Å²) in [6.07, 6.45) is 0.188. The van der Waals surface area contributed by atoms with E-state index in [4.69, 9.17) is 4.74 Å². The van der Waals surface area contributed by atoms with Gasteiger partial charge in [0, 0.05) is 26.2 Å². The van der Waals surface area contributed by atoms with E-state index in [9.17, 15) is 5.11 Å². The summed E-state index contributed by atoms with van der Waals surface area (Å²) in [5, 5.41) is 13.0. The van der Waals surface area contributed by atoms with E-state index >= 15 is 0 Å². The number of aliphatic hydroxyl groups is 1. The molecule has 1 atom stereocenters. The van der Waals surface area contributed by atoms with Crippen molar-refractivity contribution in [3.8, 4) is 5.75 Å². The van der Waals surface area contributed by atoms with Gasteiger partial charge in [-0.05, 0) is 31.5 Å². The Bertz CT molecular complexity index is 372. The average molecular weight is 264 g/mol. The number of nitrogens with zero attached hydrogens (tertiary/aromatic N) is 1. The molecule has 1 aliphatic heterocycles. The van der Waals surface area contributed by atoms with Crippen LogP contribution in [0.4, 0.5) is 0 Å². The minimum absolute atomic E-state index is 0.0928. The van der Waals surface area contributed by atoms with Gasteiger partial charge in [0.25, 0.3) is 0 Å². The van der Waals surface area contributed by atoms with Gasteiger partial charge in [-0.3, -0.25) is 4.90 Å². The zero-order valence-corrected chi connectivity index (χ0v) is 11.8. The van der Waals surface area contributed by atoms with Crippen molar-refractivity contribution in [1.29, 1.82) is 0 Å². The number of piperazine rings is 1. The smallest absolute Gasteiger partial charge is 0.119 e. The lowest BCUT2D eigenvalue weighted by atomic mass is 10.1. The van der Waals surface area contributed by atoms with Gasteiger partial charge in [0.05, 0.1) is 18.8 Å². The Kier molecular flexibility index (Phi) is 5.19. The third-order valence-corrected chi connectivity index (χ3v) is 3.40. The fourth-order valence-corrected chi connectivity index (χ4v) is 2.47. The van der Waals surface area contributed by atoms with Crippen molar-refractivity contribution in [3.63, 3.8) is 0 Å². The third-order valence-electron chi connectivity index (χ3n) is 3.40. The van der Waals surface area contributed by atoms with Gasteiger partial charge < -0.3 is 15.2 Å². The molecule has 4 heteroatoms. The van der Waals surface area contributed by atoms with Crippen molar-refractivity contribution in [2.75, 3.05) is 32.8 Å². The first-order valence-electron chi connectivity index (χ1n) is 7.03. The molecule has 4 nitrogen and oxygen atoms in total. The lowest BCUT2D eigenvalue weighted by Gasteiger charge is -2.34. The van der Waals surface area contributed by atoms with Crippen molar-refractivity contribution in [2.45, 2.75) is 26.0 Å². The van der Waals surface area contributed by atoms with Gasteiger partial charge in [-0.15, -0.1) is 0 Å². The number of rotatable bonds is 5. The van der Waals surface area contributed by atoms with Crippen LogP contribution in [0.2, 0.25) is 0 Å². The Morgan fingerprint density at radius 2 is 1.84 bits per heavy atom. The van der Waals surface area contributed by atoms with Crippen molar-refractivity contribution in [3.05, 3.63) is 29.8 Å². The number of hydrogen-bond acceptors (Lipinski definition) is 4. The molecule has 0 bridgehead atoms. The van der Waals surface area contributed by atoms with Gasteiger partial charge in [0.2, 0.25) is 0 Å². The Morgan fingerprint density at radius 1 is 1.21 bits per heavy atom. The third kappa shape index (κ3) is 3.93. The highest BCUT2D eigenvalue weighted by Gasteiger charge is 2.21. The van der Waals surface area contributed by atoms with Crippen LogP contribution in [0.3, 0.4) is 0 Å². The molecule has 1 heterocycles. The van der Waals surface area contributed by atoms with Crippen LogP contribution in [0.1, 0.15) is 25.5 Å². The monoisotopic (exact) mass is 264 g/mol. The SMILES string of the molecule is CC(C)Oc1ccc([C@H](CO)N2CCNCC2)cc1. The summed E-state index contributed by atoms with van der Waals surface area (Å²) in [5.41, 5.74) is 1.15. The molecule has 2 N–H and O–H groups in total. The van der Waals surface area contributed by atoms with Crippen LogP contribution in [-0.2, 0) is 0 Å². The van der Waals surface area contributed by atoms with Crippen molar-refractivity contribution in [2.24, 2.45) is 0 Å². The van der Waals surface area contributed by atoms with E-state index in [1.807, 2.05) is 26.0 Å². The summed E-state index contributed by atoms with van der Waals surface area (Å²) in [6.45, 7) is 8.14. The van der Waals surface area contributed by atoms with Crippen LogP contribution in [0.25, 0.3) is 0 Å². The largest absolute Gasteiger partial charge is 0.491 e. The molecule has 1 aromatic rings. The van der Waals surface area contributed by atoms with Gasteiger partial charge in [-0.1, -0.05) is 12.1 Å². The number of nitrogens with one attached hydrogen (secondary N) is 1. The summed E-state index contributed by atoms with van der Waals surface area (Å²) in [6, 6.07) is 8.18. The zero-order chi connectivity index (χ0) is 13.7. The molecule has 1 aromatic carbocycles. The average Bonchev–Trinajstić information content (AvgIpc) is 2.42. The topological polar surface area (TPSA) is 44.7 Å². The van der Waals surface area contributed by atoms with E-state index < -0.39 is 0 Å². The number of ether oxygens (including phenoxy) is 1. The number of hydrogen-bond donors (Lipinski definition) is 2. The highest BCUT2D eigenvalue weighted by atomic mass is 16.5. The molecular formula is C15H24N2O2. The fourth-order valence-electron chi connectivity index (χ4n) is 2.47. The first kappa shape index (κ1) is 14.3. The molecule has 1 fully saturated rings. The second-order valence-electron chi connectivity index (χ2n) is 5.22. The van der Waals surface area contributed by atoms with Gasteiger partial charge >= 0.3 is 0 Å². The minimum atomic E-state index is 0.0928. The highest BCUT2D eigenvalue weighted by Crippen LogP contribution is 2.23. The standard InChI is InChI=1S/C15H24N2O2/c1-12(2)19-14-5-3-13(4-6-14)15(11-18)17-9-7-16-8-10-17/h3-6,12,15-16,18H,7-11H2,1-2H3/t15-/m0/s1. The Labute approximate surface area is 115 Å². The van der Waals surface area contributed by atoms with Gasteiger partial charge in [-0.25, -0.2) is 0 Å². The maximum atomic E-state index is 9.65. The maximum Gasteiger partial charge on any atom is 0.119 e. The molecule has 1 saturated heterocycles. The molecule has 0 aromatic heterocycles. The Morgan fingerprint density at radius 3 is 2.37 bits per heavy atom. The first-order valence-corrected chi connectivity index (χ1v) is 7.03. The Hall–Kier alpha value is -1.10. The van der Waals surface area contributed by atoms with E-state index in [1.54, 1.807) is 0 Å². The van der Waals surface area contributed by atoms with E-state index in [2.05, 4.69) is 22.3 Å². The van der Waals surface area contributed by atoms with Crippen LogP contribution in [0.15, 0.2) is 24.3 Å². The van der Waals surface area contributed by atoms with Gasteiger partial charge in [-0.2, -0.15) is 0 Å². The lowest BCUT2D eigenvalue weighted by Crippen LogP contribution is -2.46. The summed E-state index contributed by atoms with van der Waals surface area (Å²) in [5.74, 6) is 0.885. The number of benzene rings is 1. The van der Waals surface area contributed by atoms with Crippen LogP contribution in [-0.4, -0.2) is 48.9 Å². The maximum absolute atomic E-state index is 9.65. The van der Waals surface area contributed by atoms with Crippen LogP contribution < -0.4 is 10.1 Å². The number of aliphatic hydroxyl groups excluding tert-OH is 1. The molecule has 19 heavy (non-hydrogen) atoms. The Balaban J connectivity index is 2.05. The van der Waals surface area contributed by atoms with Crippen molar-refractivity contribution >= 4 is 0 Å².